The molecular formula is C20H20FN3O2. The number of para-hydroxylation sites is 1. The molecule has 0 saturated carbocycles. The van der Waals surface area contributed by atoms with Crippen molar-refractivity contribution in [1.82, 2.24) is 14.9 Å². The zero-order valence-electron chi connectivity index (χ0n) is 14.6. The van der Waals surface area contributed by atoms with Gasteiger partial charge in [0.05, 0.1) is 13.5 Å². The topological polar surface area (TPSA) is 56.1 Å². The van der Waals surface area contributed by atoms with E-state index in [0.717, 1.165) is 11.1 Å². The van der Waals surface area contributed by atoms with E-state index < -0.39 is 6.04 Å². The van der Waals surface area contributed by atoms with Crippen molar-refractivity contribution in [2.75, 3.05) is 7.11 Å². The number of aromatic nitrogens is 2. The van der Waals surface area contributed by atoms with Crippen LogP contribution in [0, 0.1) is 5.82 Å². The average molecular weight is 353 g/mol. The quantitative estimate of drug-likeness (QED) is 0.741. The van der Waals surface area contributed by atoms with Crippen LogP contribution in [0.15, 0.2) is 60.9 Å². The lowest BCUT2D eigenvalue weighted by Crippen LogP contribution is -2.32. The number of aryl methyl sites for hydroxylation is 1. The molecular weight excluding hydrogens is 333 g/mol. The van der Waals surface area contributed by atoms with Crippen molar-refractivity contribution in [1.29, 1.82) is 0 Å². The highest BCUT2D eigenvalue weighted by Crippen LogP contribution is 2.22. The Bertz CT molecular complexity index is 890. The third kappa shape index (κ3) is 3.91. The molecule has 1 heterocycles. The van der Waals surface area contributed by atoms with E-state index in [1.807, 2.05) is 35.9 Å². The van der Waals surface area contributed by atoms with E-state index in [1.54, 1.807) is 31.6 Å². The summed E-state index contributed by atoms with van der Waals surface area (Å²) >= 11 is 0. The highest BCUT2D eigenvalue weighted by molar-refractivity contribution is 5.80. The van der Waals surface area contributed by atoms with Gasteiger partial charge in [0.25, 0.3) is 0 Å². The molecule has 0 radical (unpaired) electrons. The summed E-state index contributed by atoms with van der Waals surface area (Å²) in [6.45, 7) is 0. The van der Waals surface area contributed by atoms with E-state index in [2.05, 4.69) is 10.3 Å². The van der Waals surface area contributed by atoms with Gasteiger partial charge in [0, 0.05) is 25.0 Å². The number of imidazole rings is 1. The standard InChI is InChI=1S/C20H20FN3O2/c1-24-12-11-22-20(24)19(14-7-9-16(21)10-8-14)23-18(25)13-15-5-3-4-6-17(15)26-2/h3-12,19H,13H2,1-2H3,(H,23,25). The Morgan fingerprint density at radius 2 is 1.96 bits per heavy atom. The summed E-state index contributed by atoms with van der Waals surface area (Å²) in [5.74, 6) is 0.836. The predicted molar refractivity (Wildman–Crippen MR) is 96.3 cm³/mol. The van der Waals surface area contributed by atoms with Gasteiger partial charge in [-0.2, -0.15) is 0 Å². The van der Waals surface area contributed by atoms with Crippen LogP contribution in [0.2, 0.25) is 0 Å². The van der Waals surface area contributed by atoms with E-state index in [4.69, 9.17) is 4.74 Å². The molecule has 1 N–H and O–H groups in total. The molecule has 0 fully saturated rings. The molecule has 3 aromatic rings. The van der Waals surface area contributed by atoms with Crippen molar-refractivity contribution in [3.63, 3.8) is 0 Å². The lowest BCUT2D eigenvalue weighted by Gasteiger charge is -2.19. The van der Waals surface area contributed by atoms with Crippen LogP contribution < -0.4 is 10.1 Å². The number of benzene rings is 2. The summed E-state index contributed by atoms with van der Waals surface area (Å²) in [5.41, 5.74) is 1.55. The third-order valence-electron chi connectivity index (χ3n) is 4.17. The van der Waals surface area contributed by atoms with Crippen LogP contribution in [0.1, 0.15) is 23.0 Å². The molecule has 0 aliphatic heterocycles. The minimum absolute atomic E-state index is 0.173. The number of ether oxygens (including phenoxy) is 1. The Morgan fingerprint density at radius 3 is 2.62 bits per heavy atom. The number of nitrogens with one attached hydrogen (secondary N) is 1. The van der Waals surface area contributed by atoms with Gasteiger partial charge in [-0.25, -0.2) is 9.37 Å². The predicted octanol–water partition coefficient (Wildman–Crippen LogP) is 3.02. The van der Waals surface area contributed by atoms with Gasteiger partial charge >= 0.3 is 0 Å². The number of carbonyl (C=O) groups is 1. The summed E-state index contributed by atoms with van der Waals surface area (Å²) in [6.07, 6.45) is 3.64. The number of nitrogens with zero attached hydrogens (tertiary/aromatic N) is 2. The van der Waals surface area contributed by atoms with E-state index in [9.17, 15) is 9.18 Å². The fourth-order valence-corrected chi connectivity index (χ4v) is 2.84. The largest absolute Gasteiger partial charge is 0.496 e. The van der Waals surface area contributed by atoms with E-state index >= 15 is 0 Å². The lowest BCUT2D eigenvalue weighted by atomic mass is 10.0. The first-order valence-electron chi connectivity index (χ1n) is 8.22. The van der Waals surface area contributed by atoms with Crippen LogP contribution in [-0.2, 0) is 18.3 Å². The normalized spacial score (nSPS) is 11.8. The Kier molecular flexibility index (Phi) is 5.31. The second-order valence-corrected chi connectivity index (χ2v) is 5.94. The maximum atomic E-state index is 13.3. The maximum absolute atomic E-state index is 13.3. The van der Waals surface area contributed by atoms with Crippen LogP contribution in [0.5, 0.6) is 5.75 Å². The number of amides is 1. The SMILES string of the molecule is COc1ccccc1CC(=O)NC(c1ccc(F)cc1)c1nccn1C. The molecule has 0 saturated heterocycles. The molecule has 0 aliphatic carbocycles. The van der Waals surface area contributed by atoms with Crippen LogP contribution >= 0.6 is 0 Å². The fourth-order valence-electron chi connectivity index (χ4n) is 2.84. The Balaban J connectivity index is 1.85. The number of methoxy groups -OCH3 is 1. The van der Waals surface area contributed by atoms with Gasteiger partial charge < -0.3 is 14.6 Å². The number of hydrogen-bond acceptors (Lipinski definition) is 3. The van der Waals surface area contributed by atoms with Crippen molar-refractivity contribution in [3.8, 4) is 5.75 Å². The number of halogens is 1. The van der Waals surface area contributed by atoms with Crippen LogP contribution in [0.4, 0.5) is 4.39 Å². The van der Waals surface area contributed by atoms with Gasteiger partial charge in [0.15, 0.2) is 0 Å². The van der Waals surface area contributed by atoms with Crippen LogP contribution in [-0.4, -0.2) is 22.6 Å². The van der Waals surface area contributed by atoms with Crippen molar-refractivity contribution in [2.24, 2.45) is 7.05 Å². The Labute approximate surface area is 151 Å². The molecule has 0 bridgehead atoms. The maximum Gasteiger partial charge on any atom is 0.225 e. The second kappa shape index (κ2) is 7.82. The molecule has 1 amide bonds. The van der Waals surface area contributed by atoms with Crippen molar-refractivity contribution < 1.29 is 13.9 Å². The van der Waals surface area contributed by atoms with E-state index in [0.29, 0.717) is 11.6 Å². The van der Waals surface area contributed by atoms with E-state index in [1.165, 1.54) is 12.1 Å². The molecule has 1 atom stereocenters. The fraction of sp³-hybridized carbons (Fsp3) is 0.200. The van der Waals surface area contributed by atoms with E-state index in [-0.39, 0.29) is 18.1 Å². The Morgan fingerprint density at radius 1 is 1.23 bits per heavy atom. The third-order valence-corrected chi connectivity index (χ3v) is 4.17. The second-order valence-electron chi connectivity index (χ2n) is 5.94. The molecule has 134 valence electrons. The first kappa shape index (κ1) is 17.7. The molecule has 2 aromatic carbocycles. The first-order valence-corrected chi connectivity index (χ1v) is 8.22. The summed E-state index contributed by atoms with van der Waals surface area (Å²) in [7, 11) is 3.43. The summed E-state index contributed by atoms with van der Waals surface area (Å²) in [5, 5.41) is 3.00. The molecule has 0 aliphatic rings. The van der Waals surface area contributed by atoms with Gasteiger partial charge in [-0.15, -0.1) is 0 Å². The number of rotatable bonds is 6. The molecule has 1 aromatic heterocycles. The van der Waals surface area contributed by atoms with Crippen molar-refractivity contribution in [2.45, 2.75) is 12.5 Å². The smallest absolute Gasteiger partial charge is 0.225 e. The minimum atomic E-state index is -0.474. The highest BCUT2D eigenvalue weighted by atomic mass is 19.1. The molecule has 1 unspecified atom stereocenters. The van der Waals surface area contributed by atoms with Gasteiger partial charge in [0.2, 0.25) is 5.91 Å². The monoisotopic (exact) mass is 353 g/mol. The zero-order valence-corrected chi connectivity index (χ0v) is 14.6. The molecule has 6 heteroatoms. The highest BCUT2D eigenvalue weighted by Gasteiger charge is 2.21. The van der Waals surface area contributed by atoms with Crippen LogP contribution in [0.25, 0.3) is 0 Å². The molecule has 26 heavy (non-hydrogen) atoms. The lowest BCUT2D eigenvalue weighted by molar-refractivity contribution is -0.121. The van der Waals surface area contributed by atoms with Gasteiger partial charge in [0.1, 0.15) is 23.4 Å². The van der Waals surface area contributed by atoms with Crippen molar-refractivity contribution >= 4 is 5.91 Å². The van der Waals surface area contributed by atoms with Gasteiger partial charge in [-0.1, -0.05) is 30.3 Å². The Hall–Kier alpha value is -3.15. The minimum Gasteiger partial charge on any atom is -0.496 e. The molecule has 3 rings (SSSR count). The molecule has 5 nitrogen and oxygen atoms in total. The first-order chi connectivity index (χ1) is 12.6. The van der Waals surface area contributed by atoms with Crippen molar-refractivity contribution in [3.05, 3.63) is 83.7 Å². The van der Waals surface area contributed by atoms with Gasteiger partial charge in [-0.3, -0.25) is 4.79 Å². The summed E-state index contributed by atoms with van der Waals surface area (Å²) in [6, 6.07) is 13.0. The number of carbonyl (C=O) groups excluding carboxylic acids is 1. The van der Waals surface area contributed by atoms with Crippen LogP contribution in [0.3, 0.4) is 0 Å². The zero-order chi connectivity index (χ0) is 18.5. The number of hydrogen-bond donors (Lipinski definition) is 1. The molecule has 0 spiro atoms. The summed E-state index contributed by atoms with van der Waals surface area (Å²) < 4.78 is 20.4. The van der Waals surface area contributed by atoms with Gasteiger partial charge in [-0.05, 0) is 23.8 Å². The summed E-state index contributed by atoms with van der Waals surface area (Å²) in [4.78, 5) is 17.0. The average Bonchev–Trinajstić information content (AvgIpc) is 3.07.